The van der Waals surface area contributed by atoms with Gasteiger partial charge in [0.05, 0.1) is 17.6 Å². The molecule has 0 radical (unpaired) electrons. The summed E-state index contributed by atoms with van der Waals surface area (Å²) in [5.74, 6) is -5.95. The number of fused-ring (bicyclic) bond motifs is 1. The molecule has 1 saturated heterocycles. The van der Waals surface area contributed by atoms with Crippen LogP contribution < -0.4 is 15.6 Å². The summed E-state index contributed by atoms with van der Waals surface area (Å²) < 4.78 is 84.6. The monoisotopic (exact) mass is 558 g/mol. The van der Waals surface area contributed by atoms with Crippen LogP contribution in [0.25, 0.3) is 16.7 Å². The molecule has 1 fully saturated rings. The average Bonchev–Trinajstić information content (AvgIpc) is 3.16. The lowest BCUT2D eigenvalue weighted by Gasteiger charge is -2.23. The summed E-state index contributed by atoms with van der Waals surface area (Å²) in [6, 6.07) is 0.832. The number of amides is 1. The highest BCUT2D eigenvalue weighted by molar-refractivity contribution is 5.97. The smallest absolute Gasteiger partial charge is 0.389 e. The predicted octanol–water partition coefficient (Wildman–Crippen LogP) is 3.05. The number of aliphatic hydroxyl groups is 2. The summed E-state index contributed by atoms with van der Waals surface area (Å²) in [6.45, 7) is 2.90. The van der Waals surface area contributed by atoms with Crippen LogP contribution in [-0.4, -0.2) is 63.2 Å². The molecule has 39 heavy (non-hydrogen) atoms. The number of alkyl halides is 3. The highest BCUT2D eigenvalue weighted by Crippen LogP contribution is 2.28. The van der Waals surface area contributed by atoms with Crippen LogP contribution in [0, 0.1) is 23.4 Å². The lowest BCUT2D eigenvalue weighted by molar-refractivity contribution is -0.156. The van der Waals surface area contributed by atoms with Crippen LogP contribution in [0.15, 0.2) is 35.3 Å². The Bertz CT molecular complexity index is 1440. The molecule has 1 unspecified atom stereocenters. The molecule has 1 aliphatic rings. The highest BCUT2D eigenvalue weighted by Gasteiger charge is 2.41. The molecule has 0 aliphatic carbocycles. The van der Waals surface area contributed by atoms with Crippen LogP contribution in [0.5, 0.6) is 0 Å². The summed E-state index contributed by atoms with van der Waals surface area (Å²) in [5.41, 5.74) is -3.25. The number of aliphatic hydroxyl groups excluding tert-OH is 2. The van der Waals surface area contributed by atoms with Gasteiger partial charge >= 0.3 is 6.18 Å². The Hall–Kier alpha value is -3.65. The zero-order valence-electron chi connectivity index (χ0n) is 20.6. The van der Waals surface area contributed by atoms with Crippen molar-refractivity contribution in [3.63, 3.8) is 0 Å². The minimum atomic E-state index is -4.84. The Morgan fingerprint density at radius 2 is 1.69 bits per heavy atom. The summed E-state index contributed by atoms with van der Waals surface area (Å²) in [6.07, 6.45) is -6.92. The average molecular weight is 558 g/mol. The molecule has 2 aromatic heterocycles. The van der Waals surface area contributed by atoms with E-state index in [1.54, 1.807) is 5.32 Å². The summed E-state index contributed by atoms with van der Waals surface area (Å²) in [7, 11) is 0. The van der Waals surface area contributed by atoms with E-state index in [4.69, 9.17) is 0 Å². The first-order valence-electron chi connectivity index (χ1n) is 11.9. The molecule has 3 N–H and O–H groups in total. The van der Waals surface area contributed by atoms with Crippen molar-refractivity contribution < 1.29 is 41.4 Å². The highest BCUT2D eigenvalue weighted by atomic mass is 19.4. The first kappa shape index (κ1) is 28.4. The van der Waals surface area contributed by atoms with Crippen LogP contribution in [0.1, 0.15) is 30.6 Å². The maximum Gasteiger partial charge on any atom is 0.408 e. The first-order valence-corrected chi connectivity index (χ1v) is 11.9. The summed E-state index contributed by atoms with van der Waals surface area (Å²) >= 11 is 0. The number of benzene rings is 1. The van der Waals surface area contributed by atoms with Crippen LogP contribution >= 0.6 is 0 Å². The van der Waals surface area contributed by atoms with E-state index in [9.17, 15) is 46.1 Å². The van der Waals surface area contributed by atoms with Gasteiger partial charge in [-0.05, 0) is 24.5 Å². The Morgan fingerprint density at radius 1 is 1.10 bits per heavy atom. The van der Waals surface area contributed by atoms with Crippen molar-refractivity contribution in [2.24, 2.45) is 5.92 Å². The molecular weight excluding hydrogens is 534 g/mol. The number of rotatable bonds is 6. The standard InChI is InChI=1S/C25H24F6N4O4/c1-11(2)5-19(25(29,30)31)32-24(39)14-8-35(21-15(27)6-12(26)7-16(21)28)23-13(22(14)38)3-4-20(33-23)34-9-17(36)18(37)10-34/h3-4,6-8,11,17-19,36-37H,5,9-10H2,1-2H3,(H,32,39)/t17-,18+,19?. The lowest BCUT2D eigenvalue weighted by atomic mass is 10.0. The molecule has 4 rings (SSSR count). The molecule has 0 saturated carbocycles. The number of pyridine rings is 2. The van der Waals surface area contributed by atoms with Gasteiger partial charge in [-0.3, -0.25) is 14.2 Å². The first-order chi connectivity index (χ1) is 18.2. The number of aromatic nitrogens is 2. The Kier molecular flexibility index (Phi) is 7.63. The SMILES string of the molecule is CC(C)CC(NC(=O)c1cn(-c2c(F)cc(F)cc2F)c2nc(N3C[C@@H](O)[C@@H](O)C3)ccc2c1=O)C(F)(F)F. The van der Waals surface area contributed by atoms with Gasteiger partial charge < -0.3 is 20.4 Å². The molecule has 8 nitrogen and oxygen atoms in total. The van der Waals surface area contributed by atoms with Crippen LogP contribution in [0.4, 0.5) is 32.2 Å². The van der Waals surface area contributed by atoms with E-state index in [2.05, 4.69) is 4.98 Å². The Labute approximate surface area is 217 Å². The number of anilines is 1. The molecule has 1 amide bonds. The second-order valence-electron chi connectivity index (χ2n) is 9.74. The fourth-order valence-electron chi connectivity index (χ4n) is 4.40. The fourth-order valence-corrected chi connectivity index (χ4v) is 4.40. The van der Waals surface area contributed by atoms with Crippen molar-refractivity contribution in [2.45, 2.75) is 44.7 Å². The Balaban J connectivity index is 1.92. The molecule has 1 aliphatic heterocycles. The van der Waals surface area contributed by atoms with Gasteiger partial charge in [0, 0.05) is 31.4 Å². The van der Waals surface area contributed by atoms with Gasteiger partial charge in [-0.25, -0.2) is 18.2 Å². The number of hydrogen-bond donors (Lipinski definition) is 3. The van der Waals surface area contributed by atoms with Crippen molar-refractivity contribution in [1.82, 2.24) is 14.9 Å². The number of nitrogens with zero attached hydrogens (tertiary/aromatic N) is 3. The molecular formula is C25H24F6N4O4. The molecule has 3 atom stereocenters. The van der Waals surface area contributed by atoms with E-state index in [-0.39, 0.29) is 24.3 Å². The largest absolute Gasteiger partial charge is 0.408 e. The zero-order chi connectivity index (χ0) is 28.8. The van der Waals surface area contributed by atoms with Crippen LogP contribution in [0.3, 0.4) is 0 Å². The molecule has 3 heterocycles. The van der Waals surface area contributed by atoms with Gasteiger partial charge in [0.2, 0.25) is 5.43 Å². The van der Waals surface area contributed by atoms with Crippen molar-refractivity contribution in [3.05, 3.63) is 63.7 Å². The van der Waals surface area contributed by atoms with Crippen molar-refractivity contribution >= 4 is 22.8 Å². The van der Waals surface area contributed by atoms with Gasteiger partial charge in [0.25, 0.3) is 5.91 Å². The number of halogens is 6. The summed E-state index contributed by atoms with van der Waals surface area (Å²) in [5, 5.41) is 21.1. The van der Waals surface area contributed by atoms with E-state index in [1.165, 1.54) is 24.8 Å². The maximum atomic E-state index is 14.8. The van der Waals surface area contributed by atoms with E-state index in [0.29, 0.717) is 22.9 Å². The van der Waals surface area contributed by atoms with Crippen LogP contribution in [0.2, 0.25) is 0 Å². The minimum absolute atomic E-state index is 0.0572. The van der Waals surface area contributed by atoms with Gasteiger partial charge in [0.15, 0.2) is 17.3 Å². The van der Waals surface area contributed by atoms with Crippen molar-refractivity contribution in [1.29, 1.82) is 0 Å². The third kappa shape index (κ3) is 5.71. The topological polar surface area (TPSA) is 108 Å². The van der Waals surface area contributed by atoms with Crippen molar-refractivity contribution in [2.75, 3.05) is 18.0 Å². The van der Waals surface area contributed by atoms with Gasteiger partial charge in [0.1, 0.15) is 28.9 Å². The number of carbonyl (C=O) groups excluding carboxylic acids is 1. The number of carbonyl (C=O) groups is 1. The van der Waals surface area contributed by atoms with Gasteiger partial charge in [-0.15, -0.1) is 0 Å². The minimum Gasteiger partial charge on any atom is -0.389 e. The zero-order valence-corrected chi connectivity index (χ0v) is 20.6. The van der Waals surface area contributed by atoms with Crippen molar-refractivity contribution in [3.8, 4) is 5.69 Å². The Morgan fingerprint density at radius 3 is 2.23 bits per heavy atom. The third-order valence-corrected chi connectivity index (χ3v) is 6.29. The number of hydrogen-bond acceptors (Lipinski definition) is 6. The van der Waals surface area contributed by atoms with E-state index < -0.39 is 82.5 Å². The fraction of sp³-hybridized carbons (Fsp3) is 0.400. The predicted molar refractivity (Wildman–Crippen MR) is 128 cm³/mol. The molecule has 210 valence electrons. The lowest BCUT2D eigenvalue weighted by Crippen LogP contribution is -2.47. The van der Waals surface area contributed by atoms with E-state index >= 15 is 0 Å². The van der Waals surface area contributed by atoms with Crippen LogP contribution in [-0.2, 0) is 0 Å². The second-order valence-corrected chi connectivity index (χ2v) is 9.74. The number of nitrogens with one attached hydrogen (secondary N) is 1. The maximum absolute atomic E-state index is 14.8. The molecule has 0 spiro atoms. The molecule has 1 aromatic carbocycles. The summed E-state index contributed by atoms with van der Waals surface area (Å²) in [4.78, 5) is 31.8. The molecule has 3 aromatic rings. The number of β-amino-alcohol motifs (C(OH)–C–C–N with tert-alkyl or cyclic N) is 2. The normalized spacial score (nSPS) is 18.7. The van der Waals surface area contributed by atoms with E-state index in [1.807, 2.05) is 0 Å². The van der Waals surface area contributed by atoms with Gasteiger partial charge in [-0.2, -0.15) is 13.2 Å². The van der Waals surface area contributed by atoms with Gasteiger partial charge in [-0.1, -0.05) is 13.8 Å². The quantitative estimate of drug-likeness (QED) is 0.402. The molecule has 0 bridgehead atoms. The third-order valence-electron chi connectivity index (χ3n) is 6.29. The van der Waals surface area contributed by atoms with E-state index in [0.717, 1.165) is 6.07 Å². The second kappa shape index (κ2) is 10.5. The molecule has 14 heteroatoms.